The van der Waals surface area contributed by atoms with Gasteiger partial charge in [-0.1, -0.05) is 50.4 Å². The van der Waals surface area contributed by atoms with Gasteiger partial charge in [0.25, 0.3) is 0 Å². The van der Waals surface area contributed by atoms with Crippen LogP contribution in [0, 0.1) is 0 Å². The van der Waals surface area contributed by atoms with E-state index in [-0.39, 0.29) is 0 Å². The molecule has 0 heterocycles. The summed E-state index contributed by atoms with van der Waals surface area (Å²) in [6.45, 7) is 4.49. The first-order valence-corrected chi connectivity index (χ1v) is 5.37. The second-order valence-corrected chi connectivity index (χ2v) is 4.03. The zero-order valence-corrected chi connectivity index (χ0v) is 9.14. The zero-order chi connectivity index (χ0) is 9.68. The lowest BCUT2D eigenvalue weighted by Crippen LogP contribution is -1.92. The maximum absolute atomic E-state index is 5.92. The summed E-state index contributed by atoms with van der Waals surface area (Å²) in [6, 6.07) is 8.19. The van der Waals surface area contributed by atoms with Crippen LogP contribution in [0.25, 0.3) is 0 Å². The van der Waals surface area contributed by atoms with E-state index in [2.05, 4.69) is 26.0 Å². The quantitative estimate of drug-likeness (QED) is 0.659. The second-order valence-electron chi connectivity index (χ2n) is 3.60. The molecule has 0 spiro atoms. The third kappa shape index (κ3) is 3.40. The molecule has 1 atom stereocenters. The van der Waals surface area contributed by atoms with E-state index in [1.807, 2.05) is 12.1 Å². The summed E-state index contributed by atoms with van der Waals surface area (Å²) in [5, 5.41) is 0.848. The summed E-state index contributed by atoms with van der Waals surface area (Å²) in [4.78, 5) is 0. The van der Waals surface area contributed by atoms with Gasteiger partial charge in [0.2, 0.25) is 0 Å². The Balaban J connectivity index is 2.60. The van der Waals surface area contributed by atoms with E-state index in [0.29, 0.717) is 5.92 Å². The summed E-state index contributed by atoms with van der Waals surface area (Å²) >= 11 is 5.92. The first-order valence-electron chi connectivity index (χ1n) is 4.99. The van der Waals surface area contributed by atoms with Gasteiger partial charge in [0.05, 0.1) is 0 Å². The Morgan fingerprint density at radius 2 is 2.15 bits per heavy atom. The van der Waals surface area contributed by atoms with Gasteiger partial charge in [-0.3, -0.25) is 0 Å². The lowest BCUT2D eigenvalue weighted by molar-refractivity contribution is 0.624. The number of hydrogen-bond acceptors (Lipinski definition) is 0. The Morgan fingerprint density at radius 3 is 2.77 bits per heavy atom. The van der Waals surface area contributed by atoms with Crippen LogP contribution in [-0.2, 0) is 0 Å². The van der Waals surface area contributed by atoms with Crippen molar-refractivity contribution >= 4 is 11.6 Å². The lowest BCUT2D eigenvalue weighted by atomic mass is 9.96. The minimum atomic E-state index is 0.638. The fourth-order valence-corrected chi connectivity index (χ4v) is 1.69. The van der Waals surface area contributed by atoms with Gasteiger partial charge in [-0.05, 0) is 30.0 Å². The standard InChI is InChI=1S/C12H17Cl/c1-3-4-6-10(2)11-7-5-8-12(13)9-11/h5,7-10H,3-4,6H2,1-2H3. The molecule has 0 aliphatic heterocycles. The minimum absolute atomic E-state index is 0.638. The van der Waals surface area contributed by atoms with E-state index >= 15 is 0 Å². The molecular weight excluding hydrogens is 180 g/mol. The van der Waals surface area contributed by atoms with Gasteiger partial charge < -0.3 is 0 Å². The van der Waals surface area contributed by atoms with Crippen molar-refractivity contribution in [3.8, 4) is 0 Å². The van der Waals surface area contributed by atoms with Crippen LogP contribution in [0.15, 0.2) is 24.3 Å². The van der Waals surface area contributed by atoms with Crippen molar-refractivity contribution in [2.75, 3.05) is 0 Å². The Kier molecular flexibility index (Phi) is 4.31. The molecule has 0 fully saturated rings. The Labute approximate surface area is 85.9 Å². The molecule has 0 aromatic heterocycles. The van der Waals surface area contributed by atoms with Crippen LogP contribution >= 0.6 is 11.6 Å². The lowest BCUT2D eigenvalue weighted by Gasteiger charge is -2.10. The largest absolute Gasteiger partial charge is 0.0843 e. The van der Waals surface area contributed by atoms with Crippen LogP contribution in [0.2, 0.25) is 5.02 Å². The van der Waals surface area contributed by atoms with E-state index in [0.717, 1.165) is 5.02 Å². The van der Waals surface area contributed by atoms with Gasteiger partial charge >= 0.3 is 0 Å². The zero-order valence-electron chi connectivity index (χ0n) is 8.39. The van der Waals surface area contributed by atoms with Crippen molar-refractivity contribution in [2.45, 2.75) is 39.0 Å². The molecule has 0 saturated heterocycles. The number of hydrogen-bond donors (Lipinski definition) is 0. The molecule has 0 nitrogen and oxygen atoms in total. The van der Waals surface area contributed by atoms with E-state index in [1.165, 1.54) is 24.8 Å². The highest BCUT2D eigenvalue weighted by Crippen LogP contribution is 2.23. The highest BCUT2D eigenvalue weighted by Gasteiger charge is 2.04. The van der Waals surface area contributed by atoms with Gasteiger partial charge in [0.15, 0.2) is 0 Å². The van der Waals surface area contributed by atoms with Crippen LogP contribution in [0.4, 0.5) is 0 Å². The molecule has 1 rings (SSSR count). The maximum Gasteiger partial charge on any atom is 0.0408 e. The molecule has 1 unspecified atom stereocenters. The third-order valence-corrected chi connectivity index (χ3v) is 2.64. The Hall–Kier alpha value is -0.490. The van der Waals surface area contributed by atoms with Crippen molar-refractivity contribution < 1.29 is 0 Å². The van der Waals surface area contributed by atoms with Crippen LogP contribution in [0.1, 0.15) is 44.6 Å². The number of benzene rings is 1. The van der Waals surface area contributed by atoms with Crippen LogP contribution in [0.5, 0.6) is 0 Å². The number of rotatable bonds is 4. The predicted octanol–water partition coefficient (Wildman–Crippen LogP) is 4.63. The molecule has 0 bridgehead atoms. The second kappa shape index (κ2) is 5.29. The van der Waals surface area contributed by atoms with Gasteiger partial charge in [-0.2, -0.15) is 0 Å². The third-order valence-electron chi connectivity index (χ3n) is 2.41. The first kappa shape index (κ1) is 10.6. The van der Waals surface area contributed by atoms with Crippen LogP contribution in [-0.4, -0.2) is 0 Å². The van der Waals surface area contributed by atoms with E-state index < -0.39 is 0 Å². The molecular formula is C12H17Cl. The summed E-state index contributed by atoms with van der Waals surface area (Å²) in [6.07, 6.45) is 3.83. The van der Waals surface area contributed by atoms with Crippen molar-refractivity contribution in [1.29, 1.82) is 0 Å². The molecule has 13 heavy (non-hydrogen) atoms. The van der Waals surface area contributed by atoms with Crippen LogP contribution in [0.3, 0.4) is 0 Å². The normalized spacial score (nSPS) is 12.8. The summed E-state index contributed by atoms with van der Waals surface area (Å²) in [5.74, 6) is 0.638. The molecule has 0 saturated carbocycles. The topological polar surface area (TPSA) is 0 Å². The summed E-state index contributed by atoms with van der Waals surface area (Å²) < 4.78 is 0. The average molecular weight is 197 g/mol. The van der Waals surface area contributed by atoms with Gasteiger partial charge in [-0.25, -0.2) is 0 Å². The molecule has 0 amide bonds. The highest BCUT2D eigenvalue weighted by atomic mass is 35.5. The van der Waals surface area contributed by atoms with Crippen LogP contribution < -0.4 is 0 Å². The molecule has 0 aliphatic rings. The van der Waals surface area contributed by atoms with Crippen molar-refractivity contribution in [3.63, 3.8) is 0 Å². The monoisotopic (exact) mass is 196 g/mol. The van der Waals surface area contributed by atoms with E-state index in [4.69, 9.17) is 11.6 Å². The maximum atomic E-state index is 5.92. The molecule has 1 aromatic rings. The van der Waals surface area contributed by atoms with Crippen molar-refractivity contribution in [3.05, 3.63) is 34.9 Å². The molecule has 72 valence electrons. The predicted molar refractivity (Wildman–Crippen MR) is 59.4 cm³/mol. The molecule has 1 aromatic carbocycles. The van der Waals surface area contributed by atoms with E-state index in [1.54, 1.807) is 0 Å². The number of halogens is 1. The smallest absolute Gasteiger partial charge is 0.0408 e. The molecule has 1 heteroatoms. The van der Waals surface area contributed by atoms with Crippen molar-refractivity contribution in [2.24, 2.45) is 0 Å². The first-order chi connectivity index (χ1) is 6.24. The molecule has 0 aliphatic carbocycles. The van der Waals surface area contributed by atoms with Gasteiger partial charge in [0.1, 0.15) is 0 Å². The SMILES string of the molecule is CCCCC(C)c1cccc(Cl)c1. The van der Waals surface area contributed by atoms with Gasteiger partial charge in [-0.15, -0.1) is 0 Å². The molecule has 0 radical (unpaired) electrons. The molecule has 0 N–H and O–H groups in total. The number of unbranched alkanes of at least 4 members (excludes halogenated alkanes) is 1. The fourth-order valence-electron chi connectivity index (χ4n) is 1.49. The average Bonchev–Trinajstić information content (AvgIpc) is 2.14. The Morgan fingerprint density at radius 1 is 1.38 bits per heavy atom. The summed E-state index contributed by atoms with van der Waals surface area (Å²) in [7, 11) is 0. The highest BCUT2D eigenvalue weighted by molar-refractivity contribution is 6.30. The Bertz CT molecular complexity index is 255. The van der Waals surface area contributed by atoms with Gasteiger partial charge in [0, 0.05) is 5.02 Å². The minimum Gasteiger partial charge on any atom is -0.0843 e. The fraction of sp³-hybridized carbons (Fsp3) is 0.500. The summed E-state index contributed by atoms with van der Waals surface area (Å²) in [5.41, 5.74) is 1.36. The van der Waals surface area contributed by atoms with Crippen molar-refractivity contribution in [1.82, 2.24) is 0 Å². The van der Waals surface area contributed by atoms with E-state index in [9.17, 15) is 0 Å².